The lowest BCUT2D eigenvalue weighted by atomic mass is 9.83. The number of carbonyl (C=O) groups excluding carboxylic acids is 2. The third-order valence-electron chi connectivity index (χ3n) is 4.41. The fraction of sp³-hybridized carbons (Fsp3) is 0.368. The molecule has 2 atom stereocenters. The van der Waals surface area contributed by atoms with Crippen molar-refractivity contribution >= 4 is 11.8 Å². The third-order valence-corrected chi connectivity index (χ3v) is 4.41. The first-order valence-corrected chi connectivity index (χ1v) is 8.02. The van der Waals surface area contributed by atoms with Crippen molar-refractivity contribution in [3.05, 3.63) is 61.0 Å². The van der Waals surface area contributed by atoms with Gasteiger partial charge in [-0.25, -0.2) is 4.39 Å². The topological polar surface area (TPSA) is 40.6 Å². The van der Waals surface area contributed by atoms with Gasteiger partial charge < -0.3 is 9.80 Å². The minimum Gasteiger partial charge on any atom is -0.338 e. The summed E-state index contributed by atoms with van der Waals surface area (Å²) in [4.78, 5) is 28.2. The van der Waals surface area contributed by atoms with E-state index in [1.165, 1.54) is 11.0 Å². The average molecular weight is 330 g/mol. The predicted molar refractivity (Wildman–Crippen MR) is 91.6 cm³/mol. The molecule has 0 unspecified atom stereocenters. The van der Waals surface area contributed by atoms with Crippen LogP contribution in [0.5, 0.6) is 0 Å². The summed E-state index contributed by atoms with van der Waals surface area (Å²) in [6, 6.07) is 5.72. The standard InChI is InChI=1S/C19H23FN2O2/c1-4-12-22(13-5-2)19(24)15-10-11-17(23)21(3)18(15)14-8-6-7-9-16(14)20/h4-9,15,18H,1-2,10-13H2,3H3/t15-,18+/m1/s1. The van der Waals surface area contributed by atoms with E-state index in [1.54, 1.807) is 42.3 Å². The van der Waals surface area contributed by atoms with Crippen LogP contribution < -0.4 is 0 Å². The maximum Gasteiger partial charge on any atom is 0.228 e. The number of rotatable bonds is 6. The van der Waals surface area contributed by atoms with Crippen LogP contribution in [0.2, 0.25) is 0 Å². The van der Waals surface area contributed by atoms with Crippen LogP contribution >= 0.6 is 0 Å². The molecule has 128 valence electrons. The zero-order chi connectivity index (χ0) is 17.7. The quantitative estimate of drug-likeness (QED) is 0.753. The van der Waals surface area contributed by atoms with Crippen LogP contribution in [0.1, 0.15) is 24.4 Å². The second-order valence-electron chi connectivity index (χ2n) is 5.94. The minimum atomic E-state index is -0.600. The Balaban J connectivity index is 2.39. The average Bonchev–Trinajstić information content (AvgIpc) is 2.57. The highest BCUT2D eigenvalue weighted by Gasteiger charge is 2.41. The normalized spacial score (nSPS) is 20.6. The molecule has 24 heavy (non-hydrogen) atoms. The Bertz CT molecular complexity index is 634. The molecular weight excluding hydrogens is 307 g/mol. The van der Waals surface area contributed by atoms with Gasteiger partial charge in [0.05, 0.1) is 12.0 Å². The van der Waals surface area contributed by atoms with Gasteiger partial charge in [-0.1, -0.05) is 30.4 Å². The molecule has 1 heterocycles. The zero-order valence-corrected chi connectivity index (χ0v) is 14.0. The minimum absolute atomic E-state index is 0.0775. The molecule has 1 fully saturated rings. The number of piperidine rings is 1. The lowest BCUT2D eigenvalue weighted by Gasteiger charge is -2.40. The van der Waals surface area contributed by atoms with Gasteiger partial charge in [0, 0.05) is 32.1 Å². The highest BCUT2D eigenvalue weighted by Crippen LogP contribution is 2.37. The monoisotopic (exact) mass is 330 g/mol. The molecule has 0 saturated carbocycles. The number of amides is 2. The summed E-state index contributed by atoms with van der Waals surface area (Å²) >= 11 is 0. The number of hydrogen-bond donors (Lipinski definition) is 0. The van der Waals surface area contributed by atoms with Crippen molar-refractivity contribution in [3.8, 4) is 0 Å². The van der Waals surface area contributed by atoms with Gasteiger partial charge in [-0.15, -0.1) is 13.2 Å². The maximum absolute atomic E-state index is 14.3. The lowest BCUT2D eigenvalue weighted by molar-refractivity contribution is -0.146. The van der Waals surface area contributed by atoms with Crippen molar-refractivity contribution in [1.29, 1.82) is 0 Å². The van der Waals surface area contributed by atoms with Crippen molar-refractivity contribution in [2.75, 3.05) is 20.1 Å². The summed E-state index contributed by atoms with van der Waals surface area (Å²) in [5.74, 6) is -1.07. The second-order valence-corrected chi connectivity index (χ2v) is 5.94. The van der Waals surface area contributed by atoms with E-state index in [9.17, 15) is 14.0 Å². The molecule has 0 N–H and O–H groups in total. The summed E-state index contributed by atoms with van der Waals surface area (Å²) in [6.45, 7) is 8.14. The molecule has 0 spiro atoms. The van der Waals surface area contributed by atoms with Gasteiger partial charge in [0.1, 0.15) is 5.82 Å². The molecule has 0 aromatic heterocycles. The Morgan fingerprint density at radius 2 is 1.96 bits per heavy atom. The molecule has 1 aliphatic rings. The first kappa shape index (κ1) is 17.9. The molecule has 0 bridgehead atoms. The van der Waals surface area contributed by atoms with Crippen molar-refractivity contribution in [2.45, 2.75) is 18.9 Å². The van der Waals surface area contributed by atoms with Gasteiger partial charge in [-0.05, 0) is 12.5 Å². The maximum atomic E-state index is 14.3. The Labute approximate surface area is 142 Å². The summed E-state index contributed by atoms with van der Waals surface area (Å²) in [5, 5.41) is 0. The Hall–Kier alpha value is -2.43. The first-order valence-electron chi connectivity index (χ1n) is 8.02. The molecule has 2 rings (SSSR count). The fourth-order valence-corrected chi connectivity index (χ4v) is 3.24. The second kappa shape index (κ2) is 7.90. The number of benzene rings is 1. The highest BCUT2D eigenvalue weighted by atomic mass is 19.1. The summed E-state index contributed by atoms with van der Waals surface area (Å²) in [6.07, 6.45) is 3.99. The van der Waals surface area contributed by atoms with Crippen LogP contribution in [0.4, 0.5) is 4.39 Å². The van der Waals surface area contributed by atoms with Crippen LogP contribution in [0, 0.1) is 11.7 Å². The van der Waals surface area contributed by atoms with Crippen molar-refractivity contribution in [2.24, 2.45) is 5.92 Å². The molecule has 1 aromatic rings. The van der Waals surface area contributed by atoms with E-state index in [0.717, 1.165) is 0 Å². The van der Waals surface area contributed by atoms with Gasteiger partial charge in [0.15, 0.2) is 0 Å². The smallest absolute Gasteiger partial charge is 0.228 e. The van der Waals surface area contributed by atoms with E-state index in [2.05, 4.69) is 13.2 Å². The largest absolute Gasteiger partial charge is 0.338 e. The summed E-state index contributed by atoms with van der Waals surface area (Å²) in [5.41, 5.74) is 0.378. The van der Waals surface area contributed by atoms with Gasteiger partial charge in [0.25, 0.3) is 0 Å². The van der Waals surface area contributed by atoms with Gasteiger partial charge in [-0.3, -0.25) is 9.59 Å². The SMILES string of the molecule is C=CCN(CC=C)C(=O)[C@@H]1CCC(=O)N(C)[C@H]1c1ccccc1F. The van der Waals surface area contributed by atoms with E-state index < -0.39 is 17.8 Å². The summed E-state index contributed by atoms with van der Waals surface area (Å²) < 4.78 is 14.3. The third kappa shape index (κ3) is 3.55. The molecule has 1 aliphatic heterocycles. The van der Waals surface area contributed by atoms with Gasteiger partial charge in [-0.2, -0.15) is 0 Å². The van der Waals surface area contributed by atoms with E-state index in [0.29, 0.717) is 25.1 Å². The number of hydrogen-bond acceptors (Lipinski definition) is 2. The van der Waals surface area contributed by atoms with Crippen molar-refractivity contribution < 1.29 is 14.0 Å². The van der Waals surface area contributed by atoms with E-state index >= 15 is 0 Å². The first-order chi connectivity index (χ1) is 11.5. The number of nitrogens with zero attached hydrogens (tertiary/aromatic N) is 2. The lowest BCUT2D eigenvalue weighted by Crippen LogP contribution is -2.48. The number of carbonyl (C=O) groups is 2. The van der Waals surface area contributed by atoms with Crippen LogP contribution in [-0.2, 0) is 9.59 Å². The van der Waals surface area contributed by atoms with Gasteiger partial charge in [0.2, 0.25) is 11.8 Å². The van der Waals surface area contributed by atoms with Crippen molar-refractivity contribution in [1.82, 2.24) is 9.80 Å². The van der Waals surface area contributed by atoms with E-state index in [1.807, 2.05) is 0 Å². The van der Waals surface area contributed by atoms with Crippen LogP contribution in [0.15, 0.2) is 49.6 Å². The summed E-state index contributed by atoms with van der Waals surface area (Å²) in [7, 11) is 1.63. The molecule has 1 saturated heterocycles. The highest BCUT2D eigenvalue weighted by molar-refractivity contribution is 5.85. The van der Waals surface area contributed by atoms with Crippen LogP contribution in [0.3, 0.4) is 0 Å². The van der Waals surface area contributed by atoms with E-state index in [4.69, 9.17) is 0 Å². The Morgan fingerprint density at radius 3 is 2.54 bits per heavy atom. The number of likely N-dealkylation sites (tertiary alicyclic amines) is 1. The van der Waals surface area contributed by atoms with Gasteiger partial charge >= 0.3 is 0 Å². The number of halogens is 1. The Kier molecular flexibility index (Phi) is 5.90. The molecule has 2 amide bonds. The molecule has 1 aromatic carbocycles. The molecule has 0 radical (unpaired) electrons. The molecule has 0 aliphatic carbocycles. The fourth-order valence-electron chi connectivity index (χ4n) is 3.24. The Morgan fingerprint density at radius 1 is 1.33 bits per heavy atom. The predicted octanol–water partition coefficient (Wildman–Crippen LogP) is 2.94. The molecular formula is C19H23FN2O2. The van der Waals surface area contributed by atoms with E-state index in [-0.39, 0.29) is 18.2 Å². The molecule has 4 nitrogen and oxygen atoms in total. The van der Waals surface area contributed by atoms with Crippen LogP contribution in [-0.4, -0.2) is 41.8 Å². The van der Waals surface area contributed by atoms with Crippen molar-refractivity contribution in [3.63, 3.8) is 0 Å². The van der Waals surface area contributed by atoms with Crippen LogP contribution in [0.25, 0.3) is 0 Å². The zero-order valence-electron chi connectivity index (χ0n) is 14.0. The molecule has 5 heteroatoms.